The first-order chi connectivity index (χ1) is 29.5. The number of fused-ring (bicyclic) bond motifs is 3. The summed E-state index contributed by atoms with van der Waals surface area (Å²) < 4.78 is 33.3. The van der Waals surface area contributed by atoms with E-state index in [9.17, 15) is 9.90 Å². The van der Waals surface area contributed by atoms with Gasteiger partial charge >= 0.3 is 12.1 Å². The van der Waals surface area contributed by atoms with Crippen LogP contribution in [-0.2, 0) is 54.9 Å². The summed E-state index contributed by atoms with van der Waals surface area (Å²) >= 11 is 0. The first-order valence-corrected chi connectivity index (χ1v) is 20.5. The summed E-state index contributed by atoms with van der Waals surface area (Å²) in [6.07, 6.45) is -3.73. The molecule has 1 aliphatic carbocycles. The molecule has 5 atom stereocenters. The fraction of sp³-hybridized carbons (Fsp3) is 0.255. The third-order valence-corrected chi connectivity index (χ3v) is 11.3. The van der Waals surface area contributed by atoms with Gasteiger partial charge in [0.25, 0.3) is 0 Å². The lowest BCUT2D eigenvalue weighted by Crippen LogP contribution is -2.70. The number of aliphatic carboxylic acids is 1. The zero-order valence-corrected chi connectivity index (χ0v) is 33.3. The highest BCUT2D eigenvalue weighted by Gasteiger charge is 2.54. The maximum atomic E-state index is 15.0. The smallest absolute Gasteiger partial charge is 0.410 e. The second-order valence-electron chi connectivity index (χ2n) is 15.2. The average Bonchev–Trinajstić information content (AvgIpc) is 3.61. The fourth-order valence-electron chi connectivity index (χ4n) is 8.47. The van der Waals surface area contributed by atoms with E-state index in [4.69, 9.17) is 23.7 Å². The second kappa shape index (κ2) is 19.8. The molecule has 1 amide bonds. The number of rotatable bonds is 17. The Bertz CT molecular complexity index is 2250. The largest absolute Gasteiger partial charge is 0.481 e. The van der Waals surface area contributed by atoms with Gasteiger partial charge in [0.05, 0.1) is 51.5 Å². The number of hydrogen-bond donors (Lipinski definition) is 1. The Balaban J connectivity index is 1.18. The van der Waals surface area contributed by atoms with Gasteiger partial charge in [0.1, 0.15) is 24.9 Å². The molecule has 1 N–H and O–H groups in total. The van der Waals surface area contributed by atoms with Crippen LogP contribution in [0.1, 0.15) is 45.7 Å². The van der Waals surface area contributed by atoms with Crippen molar-refractivity contribution in [1.29, 1.82) is 0 Å². The van der Waals surface area contributed by atoms with Crippen LogP contribution in [0.25, 0.3) is 11.1 Å². The molecule has 60 heavy (non-hydrogen) atoms. The molecule has 1 heterocycles. The molecule has 9 nitrogen and oxygen atoms in total. The predicted molar refractivity (Wildman–Crippen MR) is 228 cm³/mol. The molecule has 6 aromatic carbocycles. The maximum absolute atomic E-state index is 15.0. The van der Waals surface area contributed by atoms with Crippen molar-refractivity contribution < 1.29 is 38.4 Å². The molecule has 8 rings (SSSR count). The molecule has 0 saturated carbocycles. The highest BCUT2D eigenvalue weighted by atomic mass is 16.6. The van der Waals surface area contributed by atoms with Gasteiger partial charge in [-0.05, 0) is 44.5 Å². The van der Waals surface area contributed by atoms with Gasteiger partial charge in [0.15, 0.2) is 0 Å². The van der Waals surface area contributed by atoms with E-state index in [-0.39, 0.29) is 45.6 Å². The molecule has 9 heteroatoms. The lowest BCUT2D eigenvalue weighted by molar-refractivity contribution is -0.224. The van der Waals surface area contributed by atoms with Gasteiger partial charge in [-0.1, -0.05) is 170 Å². The van der Waals surface area contributed by atoms with Crippen LogP contribution in [0.5, 0.6) is 0 Å². The number of amides is 1. The van der Waals surface area contributed by atoms with E-state index in [1.165, 1.54) is 4.90 Å². The van der Waals surface area contributed by atoms with Gasteiger partial charge < -0.3 is 28.8 Å². The molecule has 0 aromatic heterocycles. The van der Waals surface area contributed by atoms with Crippen LogP contribution in [0.4, 0.5) is 4.79 Å². The van der Waals surface area contributed by atoms with Crippen molar-refractivity contribution in [3.8, 4) is 11.1 Å². The van der Waals surface area contributed by atoms with E-state index in [0.717, 1.165) is 44.5 Å². The van der Waals surface area contributed by atoms with Crippen molar-refractivity contribution in [3.05, 3.63) is 203 Å². The van der Waals surface area contributed by atoms with Crippen LogP contribution in [0.2, 0.25) is 0 Å². The third kappa shape index (κ3) is 9.67. The van der Waals surface area contributed by atoms with Crippen molar-refractivity contribution in [2.75, 3.05) is 13.2 Å². The first-order valence-electron chi connectivity index (χ1n) is 20.5. The normalized spacial score (nSPS) is 19.7. The number of ether oxygens (including phenoxy) is 5. The Morgan fingerprint density at radius 2 is 0.867 bits per heavy atom. The third-order valence-electron chi connectivity index (χ3n) is 11.3. The number of carbonyl (C=O) groups excluding carboxylic acids is 1. The van der Waals surface area contributed by atoms with Crippen LogP contribution in [-0.4, -0.2) is 65.7 Å². The minimum atomic E-state index is -1.10. The summed E-state index contributed by atoms with van der Waals surface area (Å²) in [5, 5.41) is 10.6. The number of carboxylic acids is 1. The summed E-state index contributed by atoms with van der Waals surface area (Å²) in [6.45, 7) is 0.842. The molecular formula is C51H49NO8. The van der Waals surface area contributed by atoms with Gasteiger partial charge in [0.2, 0.25) is 0 Å². The quantitative estimate of drug-likeness (QED) is 0.0974. The Labute approximate surface area is 351 Å². The lowest BCUT2D eigenvalue weighted by atomic mass is 9.86. The van der Waals surface area contributed by atoms with Crippen LogP contribution in [0.15, 0.2) is 170 Å². The van der Waals surface area contributed by atoms with Crippen molar-refractivity contribution in [3.63, 3.8) is 0 Å². The molecule has 6 aromatic rings. The number of piperidine rings is 1. The topological polar surface area (TPSA) is 104 Å². The van der Waals surface area contributed by atoms with Gasteiger partial charge in [-0.2, -0.15) is 0 Å². The Kier molecular flexibility index (Phi) is 13.4. The van der Waals surface area contributed by atoms with Gasteiger partial charge in [-0.15, -0.1) is 0 Å². The van der Waals surface area contributed by atoms with Crippen LogP contribution in [0.3, 0.4) is 0 Å². The molecule has 1 saturated heterocycles. The molecule has 1 aliphatic heterocycles. The van der Waals surface area contributed by atoms with E-state index in [2.05, 4.69) is 24.3 Å². The number of nitrogens with zero attached hydrogens (tertiary/aromatic N) is 1. The zero-order chi connectivity index (χ0) is 41.1. The van der Waals surface area contributed by atoms with E-state index >= 15 is 4.79 Å². The monoisotopic (exact) mass is 803 g/mol. The lowest BCUT2D eigenvalue weighted by Gasteiger charge is -2.52. The zero-order valence-electron chi connectivity index (χ0n) is 33.3. The SMILES string of the molecule is O=C(O)C[C@@H]1[C@H](OCc2ccccc2)[C@@H](OCc2ccccc2)[C@H](OCc2ccccc2)[C@@H](COCc2ccccc2)N1C(=O)OCC1c2ccccc2-c2ccccc21. The van der Waals surface area contributed by atoms with Crippen molar-refractivity contribution in [1.82, 2.24) is 4.90 Å². The van der Waals surface area contributed by atoms with Crippen molar-refractivity contribution in [2.24, 2.45) is 0 Å². The standard InChI is InChI=1S/C51H49NO8/c53-47(54)29-45-48(57-31-37-19-7-2-8-20-37)50(59-33-39-23-11-4-12-24-39)49(58-32-38-21-9-3-10-22-38)46(35-56-30-36-17-5-1-6-18-36)52(45)51(55)60-34-44-42-27-15-13-25-40(42)41-26-14-16-28-43(41)44/h1-28,44-46,48-50H,29-35H2,(H,53,54)/t45-,46-,48+,49-,50-/m1/s1. The van der Waals surface area contributed by atoms with E-state index in [1.54, 1.807) is 0 Å². The van der Waals surface area contributed by atoms with Gasteiger partial charge in [-0.3, -0.25) is 9.69 Å². The molecule has 0 bridgehead atoms. The van der Waals surface area contributed by atoms with Crippen molar-refractivity contribution in [2.45, 2.75) is 69.2 Å². The van der Waals surface area contributed by atoms with E-state index in [0.29, 0.717) is 0 Å². The molecule has 2 aliphatic rings. The maximum Gasteiger partial charge on any atom is 0.410 e. The minimum Gasteiger partial charge on any atom is -0.481 e. The Morgan fingerprint density at radius 3 is 1.33 bits per heavy atom. The number of benzene rings is 6. The number of hydrogen-bond acceptors (Lipinski definition) is 7. The summed E-state index contributed by atoms with van der Waals surface area (Å²) in [7, 11) is 0. The van der Waals surface area contributed by atoms with E-state index < -0.39 is 48.9 Å². The van der Waals surface area contributed by atoms with Gasteiger partial charge in [-0.25, -0.2) is 4.79 Å². The van der Waals surface area contributed by atoms with E-state index in [1.807, 2.05) is 146 Å². The second-order valence-corrected chi connectivity index (χ2v) is 15.2. The Hall–Kier alpha value is -6.10. The average molecular weight is 804 g/mol. The predicted octanol–water partition coefficient (Wildman–Crippen LogP) is 9.44. The summed E-state index contributed by atoms with van der Waals surface area (Å²) in [5.74, 6) is -1.31. The molecule has 0 spiro atoms. The molecule has 306 valence electrons. The molecule has 1 fully saturated rings. The van der Waals surface area contributed by atoms with Crippen LogP contribution in [0, 0.1) is 0 Å². The van der Waals surface area contributed by atoms with Crippen LogP contribution < -0.4 is 0 Å². The first kappa shape index (κ1) is 40.7. The summed E-state index contributed by atoms with van der Waals surface area (Å²) in [5.41, 5.74) is 8.02. The fourth-order valence-corrected chi connectivity index (χ4v) is 8.47. The molecular weight excluding hydrogens is 755 g/mol. The van der Waals surface area contributed by atoms with Crippen molar-refractivity contribution >= 4 is 12.1 Å². The number of likely N-dealkylation sites (tertiary alicyclic amines) is 1. The van der Waals surface area contributed by atoms with Crippen LogP contribution >= 0.6 is 0 Å². The van der Waals surface area contributed by atoms with Gasteiger partial charge in [0, 0.05) is 5.92 Å². The number of carboxylic acid groups (broad SMARTS) is 1. The number of carbonyl (C=O) groups is 2. The summed E-state index contributed by atoms with van der Waals surface area (Å²) in [4.78, 5) is 29.5. The minimum absolute atomic E-state index is 0.00523. The Morgan fingerprint density at radius 1 is 0.467 bits per heavy atom. The molecule has 0 radical (unpaired) electrons. The highest BCUT2D eigenvalue weighted by Crippen LogP contribution is 2.45. The summed E-state index contributed by atoms with van der Waals surface area (Å²) in [6, 6.07) is 53.4. The highest BCUT2D eigenvalue weighted by molar-refractivity contribution is 5.79. The molecule has 0 unspecified atom stereocenters.